The van der Waals surface area contributed by atoms with Gasteiger partial charge in [0.1, 0.15) is 0 Å². The van der Waals surface area contributed by atoms with E-state index in [1.807, 2.05) is 0 Å². The maximum atomic E-state index is 5.92. The van der Waals surface area contributed by atoms with Crippen LogP contribution in [0.4, 0.5) is 0 Å². The van der Waals surface area contributed by atoms with E-state index in [2.05, 4.69) is 16.8 Å². The third-order valence-electron chi connectivity index (χ3n) is 3.28. The second-order valence-electron chi connectivity index (χ2n) is 4.29. The van der Waals surface area contributed by atoms with Crippen LogP contribution in [0.5, 0.6) is 0 Å². The fraction of sp³-hybridized carbons (Fsp3) is 0.900. The Hall–Kier alpha value is -0.770. The maximum absolute atomic E-state index is 5.92. The van der Waals surface area contributed by atoms with Crippen LogP contribution in [0.3, 0.4) is 0 Å². The monoisotopic (exact) mass is 197 g/mol. The van der Waals surface area contributed by atoms with Gasteiger partial charge in [0.15, 0.2) is 5.96 Å². The van der Waals surface area contributed by atoms with Crippen molar-refractivity contribution in [3.05, 3.63) is 0 Å². The molecule has 0 aromatic rings. The molecule has 0 bridgehead atoms. The standard InChI is InChI=1S/C10H19N3O/c1-3-10(7-14-2)6-12-9(11)13(10)8-4-5-8/h8H,3-7H2,1-2H3,(H2,11,12). The highest BCUT2D eigenvalue weighted by atomic mass is 16.5. The minimum absolute atomic E-state index is 0.0417. The molecule has 0 aromatic carbocycles. The van der Waals surface area contributed by atoms with Crippen molar-refractivity contribution in [2.75, 3.05) is 20.3 Å². The van der Waals surface area contributed by atoms with Crippen molar-refractivity contribution in [1.29, 1.82) is 0 Å². The van der Waals surface area contributed by atoms with Crippen LogP contribution in [-0.2, 0) is 4.74 Å². The Bertz CT molecular complexity index is 250. The number of ether oxygens (including phenoxy) is 1. The van der Waals surface area contributed by atoms with Gasteiger partial charge in [-0.1, -0.05) is 6.92 Å². The number of methoxy groups -OCH3 is 1. The van der Waals surface area contributed by atoms with E-state index in [9.17, 15) is 0 Å². The molecule has 0 spiro atoms. The van der Waals surface area contributed by atoms with Gasteiger partial charge in [-0.2, -0.15) is 0 Å². The zero-order chi connectivity index (χ0) is 10.2. The van der Waals surface area contributed by atoms with Gasteiger partial charge in [0, 0.05) is 13.2 Å². The molecular formula is C10H19N3O. The van der Waals surface area contributed by atoms with Crippen molar-refractivity contribution in [2.45, 2.75) is 37.8 Å². The molecule has 2 N–H and O–H groups in total. The lowest BCUT2D eigenvalue weighted by molar-refractivity contribution is 0.0597. The predicted octanol–water partition coefficient (Wildman–Crippen LogP) is 0.574. The van der Waals surface area contributed by atoms with Crippen LogP contribution in [0.2, 0.25) is 0 Å². The molecular weight excluding hydrogens is 178 g/mol. The molecule has 0 radical (unpaired) electrons. The minimum atomic E-state index is 0.0417. The molecule has 80 valence electrons. The summed E-state index contributed by atoms with van der Waals surface area (Å²) in [5.74, 6) is 0.714. The molecule has 14 heavy (non-hydrogen) atoms. The largest absolute Gasteiger partial charge is 0.382 e. The Balaban J connectivity index is 2.16. The molecule has 0 aromatic heterocycles. The first-order valence-electron chi connectivity index (χ1n) is 5.32. The molecule has 4 nitrogen and oxygen atoms in total. The van der Waals surface area contributed by atoms with E-state index in [-0.39, 0.29) is 5.54 Å². The topological polar surface area (TPSA) is 50.9 Å². The van der Waals surface area contributed by atoms with E-state index in [4.69, 9.17) is 10.5 Å². The third-order valence-corrected chi connectivity index (χ3v) is 3.28. The van der Waals surface area contributed by atoms with Crippen LogP contribution < -0.4 is 5.73 Å². The lowest BCUT2D eigenvalue weighted by atomic mass is 9.96. The summed E-state index contributed by atoms with van der Waals surface area (Å²) in [5.41, 5.74) is 5.96. The van der Waals surface area contributed by atoms with E-state index < -0.39 is 0 Å². The number of nitrogens with two attached hydrogens (primary N) is 1. The van der Waals surface area contributed by atoms with Crippen LogP contribution >= 0.6 is 0 Å². The van der Waals surface area contributed by atoms with E-state index in [1.165, 1.54) is 12.8 Å². The molecule has 1 aliphatic carbocycles. The highest BCUT2D eigenvalue weighted by molar-refractivity contribution is 5.81. The summed E-state index contributed by atoms with van der Waals surface area (Å²) in [4.78, 5) is 6.65. The smallest absolute Gasteiger partial charge is 0.192 e. The number of guanidine groups is 1. The van der Waals surface area contributed by atoms with Crippen LogP contribution in [0.15, 0.2) is 4.99 Å². The number of nitrogens with zero attached hydrogens (tertiary/aromatic N) is 2. The Morgan fingerprint density at radius 2 is 2.36 bits per heavy atom. The number of rotatable bonds is 4. The Kier molecular flexibility index (Phi) is 2.39. The van der Waals surface area contributed by atoms with E-state index >= 15 is 0 Å². The van der Waals surface area contributed by atoms with Crippen molar-refractivity contribution in [3.8, 4) is 0 Å². The first-order chi connectivity index (χ1) is 6.73. The Labute approximate surface area is 85.1 Å². The Morgan fingerprint density at radius 1 is 1.64 bits per heavy atom. The predicted molar refractivity (Wildman–Crippen MR) is 56.2 cm³/mol. The first kappa shape index (κ1) is 9.77. The first-order valence-corrected chi connectivity index (χ1v) is 5.32. The van der Waals surface area contributed by atoms with Crippen molar-refractivity contribution in [2.24, 2.45) is 10.7 Å². The van der Waals surface area contributed by atoms with Crippen LogP contribution in [0, 0.1) is 0 Å². The molecule has 1 heterocycles. The van der Waals surface area contributed by atoms with Crippen molar-refractivity contribution < 1.29 is 4.74 Å². The lowest BCUT2D eigenvalue weighted by Crippen LogP contribution is -2.55. The fourth-order valence-corrected chi connectivity index (χ4v) is 2.30. The maximum Gasteiger partial charge on any atom is 0.192 e. The molecule has 1 atom stereocenters. The van der Waals surface area contributed by atoms with E-state index in [1.54, 1.807) is 7.11 Å². The summed E-state index contributed by atoms with van der Waals surface area (Å²) < 4.78 is 5.31. The number of aliphatic imine (C=N–C) groups is 1. The zero-order valence-electron chi connectivity index (χ0n) is 8.99. The summed E-state index contributed by atoms with van der Waals surface area (Å²) in [7, 11) is 1.75. The van der Waals surface area contributed by atoms with Gasteiger partial charge in [-0.05, 0) is 19.3 Å². The van der Waals surface area contributed by atoms with Gasteiger partial charge < -0.3 is 15.4 Å². The lowest BCUT2D eigenvalue weighted by Gasteiger charge is -2.38. The second kappa shape index (κ2) is 3.42. The van der Waals surface area contributed by atoms with E-state index in [0.717, 1.165) is 19.6 Å². The van der Waals surface area contributed by atoms with E-state index in [0.29, 0.717) is 12.0 Å². The third kappa shape index (κ3) is 1.38. The van der Waals surface area contributed by atoms with Gasteiger partial charge in [-0.25, -0.2) is 0 Å². The van der Waals surface area contributed by atoms with Gasteiger partial charge in [-0.3, -0.25) is 4.99 Å². The average Bonchev–Trinajstić information content (AvgIpc) is 2.94. The SMILES string of the molecule is CCC1(COC)CN=C(N)N1C1CC1. The molecule has 1 unspecified atom stereocenters. The van der Waals surface area contributed by atoms with Gasteiger partial charge in [0.25, 0.3) is 0 Å². The van der Waals surface area contributed by atoms with Crippen molar-refractivity contribution in [3.63, 3.8) is 0 Å². The van der Waals surface area contributed by atoms with Crippen LogP contribution in [-0.4, -0.2) is 42.7 Å². The molecule has 2 aliphatic rings. The summed E-state index contributed by atoms with van der Waals surface area (Å²) in [6.45, 7) is 3.70. The minimum Gasteiger partial charge on any atom is -0.382 e. The van der Waals surface area contributed by atoms with Crippen molar-refractivity contribution >= 4 is 5.96 Å². The Morgan fingerprint density at radius 3 is 2.86 bits per heavy atom. The molecule has 0 amide bonds. The molecule has 1 aliphatic heterocycles. The summed E-state index contributed by atoms with van der Waals surface area (Å²) >= 11 is 0. The molecule has 2 rings (SSSR count). The highest BCUT2D eigenvalue weighted by Crippen LogP contribution is 2.37. The van der Waals surface area contributed by atoms with Gasteiger partial charge in [0.05, 0.1) is 18.7 Å². The van der Waals surface area contributed by atoms with Crippen molar-refractivity contribution in [1.82, 2.24) is 4.90 Å². The van der Waals surface area contributed by atoms with Crippen LogP contribution in [0.1, 0.15) is 26.2 Å². The number of hydrogen-bond donors (Lipinski definition) is 1. The summed E-state index contributed by atoms with van der Waals surface area (Å²) in [5, 5.41) is 0. The molecule has 4 heteroatoms. The highest BCUT2D eigenvalue weighted by Gasteiger charge is 2.47. The average molecular weight is 197 g/mol. The second-order valence-corrected chi connectivity index (χ2v) is 4.29. The number of hydrogen-bond acceptors (Lipinski definition) is 4. The molecule has 0 saturated heterocycles. The normalized spacial score (nSPS) is 32.1. The zero-order valence-corrected chi connectivity index (χ0v) is 8.99. The van der Waals surface area contributed by atoms with Gasteiger partial charge in [0.2, 0.25) is 0 Å². The van der Waals surface area contributed by atoms with Gasteiger partial charge >= 0.3 is 0 Å². The fourth-order valence-electron chi connectivity index (χ4n) is 2.30. The summed E-state index contributed by atoms with van der Waals surface area (Å²) in [6, 6.07) is 0.622. The quantitative estimate of drug-likeness (QED) is 0.717. The van der Waals surface area contributed by atoms with Gasteiger partial charge in [-0.15, -0.1) is 0 Å². The van der Waals surface area contributed by atoms with Crippen LogP contribution in [0.25, 0.3) is 0 Å². The molecule has 1 fully saturated rings. The summed E-state index contributed by atoms with van der Waals surface area (Å²) in [6.07, 6.45) is 3.55. The molecule has 1 saturated carbocycles.